The molecule has 0 saturated carbocycles. The maximum Gasteiger partial charge on any atom is 0.190 e. The number of para-hydroxylation sites is 1. The number of ketones is 1. The van der Waals surface area contributed by atoms with E-state index in [0.29, 0.717) is 0 Å². The molecule has 1 aliphatic rings. The van der Waals surface area contributed by atoms with E-state index in [1.54, 1.807) is 0 Å². The quantitative estimate of drug-likeness (QED) is 0.680. The van der Waals surface area contributed by atoms with E-state index < -0.39 is 5.54 Å². The number of rotatable bonds is 1. The highest BCUT2D eigenvalue weighted by molar-refractivity contribution is 6.24. The van der Waals surface area contributed by atoms with E-state index in [2.05, 4.69) is 11.1 Å². The van der Waals surface area contributed by atoms with Gasteiger partial charge in [-0.05, 0) is 26.0 Å². The molecule has 2 heterocycles. The number of pyridine rings is 1. The minimum atomic E-state index is -0.755. The van der Waals surface area contributed by atoms with Crippen molar-refractivity contribution in [1.29, 1.82) is 0 Å². The van der Waals surface area contributed by atoms with E-state index in [4.69, 9.17) is 4.99 Å². The molecule has 1 aromatic heterocycles. The molecule has 0 atom stereocenters. The predicted molar refractivity (Wildman–Crippen MR) is 92.2 cm³/mol. The number of carbonyl (C=O) groups is 1. The molecule has 0 fully saturated rings. The molecule has 0 amide bonds. The predicted octanol–water partition coefficient (Wildman–Crippen LogP) is 4.05. The number of nitrogens with zero attached hydrogens (tertiary/aromatic N) is 2. The molecule has 1 aliphatic heterocycles. The molecule has 0 radical (unpaired) electrons. The van der Waals surface area contributed by atoms with Crippen molar-refractivity contribution in [2.75, 3.05) is 0 Å². The Morgan fingerprint density at radius 1 is 0.913 bits per heavy atom. The number of benzene rings is 2. The van der Waals surface area contributed by atoms with Gasteiger partial charge in [0.1, 0.15) is 5.54 Å². The average molecular weight is 300 g/mol. The molecular weight excluding hydrogens is 284 g/mol. The van der Waals surface area contributed by atoms with Crippen LogP contribution in [0.5, 0.6) is 0 Å². The zero-order chi connectivity index (χ0) is 16.0. The summed E-state index contributed by atoms with van der Waals surface area (Å²) in [6.45, 7) is 3.72. The first-order valence-electron chi connectivity index (χ1n) is 7.65. The second-order valence-corrected chi connectivity index (χ2v) is 6.31. The molecule has 3 heteroatoms. The second kappa shape index (κ2) is 4.85. The van der Waals surface area contributed by atoms with Crippen LogP contribution in [0.1, 0.15) is 35.3 Å². The van der Waals surface area contributed by atoms with Gasteiger partial charge >= 0.3 is 0 Å². The van der Waals surface area contributed by atoms with Crippen LogP contribution in [0, 0.1) is 0 Å². The van der Waals surface area contributed by atoms with E-state index in [1.165, 1.54) is 0 Å². The zero-order valence-corrected chi connectivity index (χ0v) is 13.1. The minimum Gasteiger partial charge on any atom is -0.291 e. The van der Waals surface area contributed by atoms with Gasteiger partial charge in [-0.2, -0.15) is 0 Å². The third-order valence-corrected chi connectivity index (χ3v) is 4.24. The molecule has 0 spiro atoms. The first kappa shape index (κ1) is 13.8. The summed E-state index contributed by atoms with van der Waals surface area (Å²) < 4.78 is 0. The molecule has 3 aromatic rings. The Kier molecular flexibility index (Phi) is 2.91. The number of aromatic nitrogens is 1. The van der Waals surface area contributed by atoms with E-state index in [0.717, 1.165) is 33.3 Å². The lowest BCUT2D eigenvalue weighted by Gasteiger charge is -2.27. The lowest BCUT2D eigenvalue weighted by molar-refractivity contribution is 0.0912. The summed E-state index contributed by atoms with van der Waals surface area (Å²) in [5.41, 5.74) is 3.59. The van der Waals surface area contributed by atoms with Crippen LogP contribution in [0.3, 0.4) is 0 Å². The molecule has 0 saturated heterocycles. The standard InChI is InChI=1S/C20H16N2O/c1-20(2)19(23)16-9-5-4-8-15(16)18(22-20)14-11-13-7-3-6-10-17(13)21-12-14/h3-12H,1-2H3. The topological polar surface area (TPSA) is 42.3 Å². The number of carbonyl (C=O) groups excluding carboxylic acids is 1. The molecule has 0 aliphatic carbocycles. The summed E-state index contributed by atoms with van der Waals surface area (Å²) in [5, 5.41) is 1.07. The number of hydrogen-bond donors (Lipinski definition) is 0. The fourth-order valence-electron chi connectivity index (χ4n) is 3.03. The summed E-state index contributed by atoms with van der Waals surface area (Å²) >= 11 is 0. The van der Waals surface area contributed by atoms with Crippen molar-refractivity contribution in [3.05, 3.63) is 77.5 Å². The van der Waals surface area contributed by atoms with Crippen molar-refractivity contribution in [2.45, 2.75) is 19.4 Å². The Morgan fingerprint density at radius 2 is 1.61 bits per heavy atom. The van der Waals surface area contributed by atoms with Gasteiger partial charge in [0.2, 0.25) is 0 Å². The summed E-state index contributed by atoms with van der Waals surface area (Å²) in [5.74, 6) is 0.0607. The summed E-state index contributed by atoms with van der Waals surface area (Å²) in [6.07, 6.45) is 1.84. The van der Waals surface area contributed by atoms with E-state index in [-0.39, 0.29) is 5.78 Å². The maximum atomic E-state index is 12.6. The van der Waals surface area contributed by atoms with Gasteiger partial charge in [-0.15, -0.1) is 0 Å². The van der Waals surface area contributed by atoms with Crippen LogP contribution in [0.15, 0.2) is 65.8 Å². The molecule has 2 aromatic carbocycles. The van der Waals surface area contributed by atoms with Crippen molar-refractivity contribution in [3.63, 3.8) is 0 Å². The molecule has 3 nitrogen and oxygen atoms in total. The van der Waals surface area contributed by atoms with E-state index >= 15 is 0 Å². The van der Waals surface area contributed by atoms with Crippen LogP contribution in [-0.2, 0) is 0 Å². The van der Waals surface area contributed by atoms with Crippen LogP contribution in [0.25, 0.3) is 10.9 Å². The van der Waals surface area contributed by atoms with Crippen molar-refractivity contribution in [1.82, 2.24) is 4.98 Å². The lowest BCUT2D eigenvalue weighted by Crippen LogP contribution is -2.36. The largest absolute Gasteiger partial charge is 0.291 e. The lowest BCUT2D eigenvalue weighted by atomic mass is 9.84. The van der Waals surface area contributed by atoms with Crippen LogP contribution >= 0.6 is 0 Å². The van der Waals surface area contributed by atoms with Crippen molar-refractivity contribution >= 4 is 22.4 Å². The molecule has 0 N–H and O–H groups in total. The van der Waals surface area contributed by atoms with Crippen LogP contribution < -0.4 is 0 Å². The summed E-state index contributed by atoms with van der Waals surface area (Å²) in [4.78, 5) is 21.9. The van der Waals surface area contributed by atoms with Crippen molar-refractivity contribution in [3.8, 4) is 0 Å². The van der Waals surface area contributed by atoms with Gasteiger partial charge in [-0.1, -0.05) is 42.5 Å². The first-order valence-corrected chi connectivity index (χ1v) is 7.65. The Balaban J connectivity index is 1.97. The van der Waals surface area contributed by atoms with Gasteiger partial charge in [0.05, 0.1) is 11.2 Å². The van der Waals surface area contributed by atoms with E-state index in [9.17, 15) is 4.79 Å². The number of Topliss-reactive ketones (excluding diaryl/α,β-unsaturated/α-hetero) is 1. The molecule has 0 unspecified atom stereocenters. The maximum absolute atomic E-state index is 12.6. The van der Waals surface area contributed by atoms with Gasteiger partial charge in [-0.3, -0.25) is 14.8 Å². The third-order valence-electron chi connectivity index (χ3n) is 4.24. The minimum absolute atomic E-state index is 0.0607. The SMILES string of the molecule is CC1(C)N=C(c2cnc3ccccc3c2)c2ccccc2C1=O. The number of aliphatic imine (C=N–C) groups is 1. The van der Waals surface area contributed by atoms with Crippen molar-refractivity contribution < 1.29 is 4.79 Å². The van der Waals surface area contributed by atoms with Gasteiger partial charge in [0.25, 0.3) is 0 Å². The van der Waals surface area contributed by atoms with Gasteiger partial charge < -0.3 is 0 Å². The molecule has 23 heavy (non-hydrogen) atoms. The highest BCUT2D eigenvalue weighted by Crippen LogP contribution is 2.29. The highest BCUT2D eigenvalue weighted by atomic mass is 16.1. The number of hydrogen-bond acceptors (Lipinski definition) is 3. The molecule has 112 valence electrons. The number of fused-ring (bicyclic) bond motifs is 2. The fraction of sp³-hybridized carbons (Fsp3) is 0.150. The van der Waals surface area contributed by atoms with E-state index in [1.807, 2.05) is 68.6 Å². The Hall–Kier alpha value is -2.81. The second-order valence-electron chi connectivity index (χ2n) is 6.31. The van der Waals surface area contributed by atoms with Crippen LogP contribution in [0.2, 0.25) is 0 Å². The average Bonchev–Trinajstić information content (AvgIpc) is 2.58. The highest BCUT2D eigenvalue weighted by Gasteiger charge is 2.35. The van der Waals surface area contributed by atoms with Gasteiger partial charge in [0.15, 0.2) is 5.78 Å². The Labute approximate surface area is 134 Å². The summed E-state index contributed by atoms with van der Waals surface area (Å²) in [6, 6.07) is 17.8. The molecule has 0 bridgehead atoms. The normalized spacial score (nSPS) is 16.1. The fourth-order valence-corrected chi connectivity index (χ4v) is 3.03. The van der Waals surface area contributed by atoms with Crippen LogP contribution in [-0.4, -0.2) is 22.0 Å². The third kappa shape index (κ3) is 2.16. The van der Waals surface area contributed by atoms with Gasteiger partial charge in [0, 0.05) is 28.3 Å². The van der Waals surface area contributed by atoms with Crippen molar-refractivity contribution in [2.24, 2.45) is 4.99 Å². The first-order chi connectivity index (χ1) is 11.1. The molecular formula is C20H16N2O. The smallest absolute Gasteiger partial charge is 0.190 e. The Morgan fingerprint density at radius 3 is 2.43 bits per heavy atom. The molecule has 4 rings (SSSR count). The zero-order valence-electron chi connectivity index (χ0n) is 13.1. The van der Waals surface area contributed by atoms with Crippen LogP contribution in [0.4, 0.5) is 0 Å². The van der Waals surface area contributed by atoms with Gasteiger partial charge in [-0.25, -0.2) is 0 Å². The summed E-state index contributed by atoms with van der Waals surface area (Å²) in [7, 11) is 0. The monoisotopic (exact) mass is 300 g/mol. The Bertz CT molecular complexity index is 970.